The Morgan fingerprint density at radius 3 is 2.70 bits per heavy atom. The molecule has 118 valence electrons. The number of fused-ring (bicyclic) bond motifs is 2. The largest absolute Gasteiger partial charge is 0.258 e. The van der Waals surface area contributed by atoms with Crippen LogP contribution in [0.2, 0.25) is 0 Å². The molecule has 23 heavy (non-hydrogen) atoms. The third kappa shape index (κ3) is 3.39. The average molecular weight is 308 g/mol. The summed E-state index contributed by atoms with van der Waals surface area (Å²) < 4.78 is 13.2. The lowest BCUT2D eigenvalue weighted by atomic mass is 9.83. The van der Waals surface area contributed by atoms with Gasteiger partial charge in [0.15, 0.2) is 6.17 Å². The van der Waals surface area contributed by atoms with E-state index < -0.39 is 0 Å². The van der Waals surface area contributed by atoms with Crippen LogP contribution in [0.25, 0.3) is 0 Å². The molecule has 3 heteroatoms. The van der Waals surface area contributed by atoms with Gasteiger partial charge in [-0.3, -0.25) is 9.98 Å². The molecule has 2 bridgehead atoms. The molecule has 1 aliphatic heterocycles. The fraction of sp³-hybridized carbons (Fsp3) is 0.300. The van der Waals surface area contributed by atoms with Crippen LogP contribution in [0.15, 0.2) is 71.2 Å². The Morgan fingerprint density at radius 1 is 1.22 bits per heavy atom. The lowest BCUT2D eigenvalue weighted by Crippen LogP contribution is -2.21. The number of rotatable bonds is 3. The predicted molar refractivity (Wildman–Crippen MR) is 94.4 cm³/mol. The van der Waals surface area contributed by atoms with Crippen molar-refractivity contribution in [1.29, 1.82) is 0 Å². The van der Waals surface area contributed by atoms with Gasteiger partial charge in [0.1, 0.15) is 5.82 Å². The summed E-state index contributed by atoms with van der Waals surface area (Å²) in [5, 5.41) is 0. The maximum absolute atomic E-state index is 13.2. The molecule has 2 nitrogen and oxygen atoms in total. The first-order chi connectivity index (χ1) is 11.2. The van der Waals surface area contributed by atoms with Gasteiger partial charge in [0.2, 0.25) is 0 Å². The molecule has 0 amide bonds. The molecule has 0 radical (unpaired) electrons. The highest BCUT2D eigenvalue weighted by Crippen LogP contribution is 2.33. The molecule has 1 aliphatic carbocycles. The maximum Gasteiger partial charge on any atom is 0.165 e. The molecule has 0 saturated heterocycles. The lowest BCUT2D eigenvalue weighted by Gasteiger charge is -2.21. The zero-order valence-electron chi connectivity index (χ0n) is 13.3. The van der Waals surface area contributed by atoms with E-state index in [4.69, 9.17) is 9.98 Å². The van der Waals surface area contributed by atoms with Gasteiger partial charge in [0, 0.05) is 17.3 Å². The molecule has 0 N–H and O–H groups in total. The molecule has 3 atom stereocenters. The molecular formula is C20H21FN2. The van der Waals surface area contributed by atoms with Gasteiger partial charge in [0.05, 0.1) is 0 Å². The minimum atomic E-state index is -0.322. The average Bonchev–Trinajstić information content (AvgIpc) is 2.86. The molecule has 1 aromatic rings. The van der Waals surface area contributed by atoms with Crippen molar-refractivity contribution < 1.29 is 4.39 Å². The number of hydrogen-bond donors (Lipinski definition) is 0. The van der Waals surface area contributed by atoms with Gasteiger partial charge < -0.3 is 0 Å². The van der Waals surface area contributed by atoms with Gasteiger partial charge in [-0.25, -0.2) is 4.39 Å². The molecule has 1 aromatic carbocycles. The lowest BCUT2D eigenvalue weighted by molar-refractivity contribution is 0.528. The molecule has 0 fully saturated rings. The topological polar surface area (TPSA) is 24.7 Å². The molecule has 0 aromatic heterocycles. The molecule has 0 saturated carbocycles. The van der Waals surface area contributed by atoms with Crippen LogP contribution in [0.5, 0.6) is 0 Å². The molecule has 3 rings (SSSR count). The van der Waals surface area contributed by atoms with E-state index in [0.29, 0.717) is 11.8 Å². The zero-order valence-corrected chi connectivity index (χ0v) is 13.3. The predicted octanol–water partition coefficient (Wildman–Crippen LogP) is 5.06. The van der Waals surface area contributed by atoms with Crippen LogP contribution >= 0.6 is 0 Å². The molecule has 1 heterocycles. The van der Waals surface area contributed by atoms with Crippen LogP contribution in [0.1, 0.15) is 31.5 Å². The van der Waals surface area contributed by atoms with Crippen molar-refractivity contribution in [2.75, 3.05) is 0 Å². The van der Waals surface area contributed by atoms with E-state index in [1.807, 2.05) is 13.0 Å². The Bertz CT molecular complexity index is 695. The highest BCUT2D eigenvalue weighted by molar-refractivity contribution is 6.04. The van der Waals surface area contributed by atoms with E-state index in [1.165, 1.54) is 12.1 Å². The first-order valence-corrected chi connectivity index (χ1v) is 8.03. The van der Waals surface area contributed by atoms with Crippen LogP contribution in [0.3, 0.4) is 0 Å². The van der Waals surface area contributed by atoms with Gasteiger partial charge in [-0.15, -0.1) is 0 Å². The standard InChI is InChI=1S/C20H21FN2/c1-3-6-14-7-5-8-17-13-18(14)19(4-2)23-20(22-17)15-9-11-16(21)12-10-15/h3-6,8-12,14,18,20H,2,7,13H2,1H3. The Kier molecular flexibility index (Phi) is 4.65. The fourth-order valence-corrected chi connectivity index (χ4v) is 3.26. The summed E-state index contributed by atoms with van der Waals surface area (Å²) >= 11 is 0. The number of allylic oxidation sites excluding steroid dienone is 5. The van der Waals surface area contributed by atoms with Crippen molar-refractivity contribution in [3.8, 4) is 0 Å². The zero-order chi connectivity index (χ0) is 16.2. The SMILES string of the molecule is C=CC1=NC(c2ccc(F)cc2)N=C2C=CCC(C=CC)C1C2. The highest BCUT2D eigenvalue weighted by atomic mass is 19.1. The Labute approximate surface area is 136 Å². The van der Waals surface area contributed by atoms with Crippen LogP contribution < -0.4 is 0 Å². The van der Waals surface area contributed by atoms with Gasteiger partial charge in [0.25, 0.3) is 0 Å². The number of aliphatic imine (C=N–C) groups is 2. The second kappa shape index (κ2) is 6.86. The highest BCUT2D eigenvalue weighted by Gasteiger charge is 2.29. The van der Waals surface area contributed by atoms with E-state index >= 15 is 0 Å². The summed E-state index contributed by atoms with van der Waals surface area (Å²) in [5.74, 6) is 0.460. The van der Waals surface area contributed by atoms with Crippen LogP contribution in [0, 0.1) is 17.7 Å². The second-order valence-corrected chi connectivity index (χ2v) is 5.94. The molecule has 3 unspecified atom stereocenters. The molecule has 0 spiro atoms. The van der Waals surface area contributed by atoms with Gasteiger partial charge in [-0.2, -0.15) is 0 Å². The van der Waals surface area contributed by atoms with Gasteiger partial charge in [-0.05, 0) is 55.5 Å². The van der Waals surface area contributed by atoms with Crippen molar-refractivity contribution >= 4 is 11.4 Å². The van der Waals surface area contributed by atoms with Crippen molar-refractivity contribution in [2.45, 2.75) is 25.9 Å². The second-order valence-electron chi connectivity index (χ2n) is 5.94. The van der Waals surface area contributed by atoms with E-state index in [0.717, 1.165) is 29.8 Å². The van der Waals surface area contributed by atoms with E-state index in [2.05, 4.69) is 30.9 Å². The summed E-state index contributed by atoms with van der Waals surface area (Å²) in [6.07, 6.45) is 12.0. The Balaban J connectivity index is 2.04. The summed E-state index contributed by atoms with van der Waals surface area (Å²) in [6, 6.07) is 6.43. The van der Waals surface area contributed by atoms with E-state index in [9.17, 15) is 4.39 Å². The van der Waals surface area contributed by atoms with Crippen molar-refractivity contribution in [2.24, 2.45) is 21.8 Å². The number of benzene rings is 1. The number of nitrogens with zero attached hydrogens (tertiary/aromatic N) is 2. The maximum atomic E-state index is 13.2. The monoisotopic (exact) mass is 308 g/mol. The molecule has 2 aliphatic rings. The number of halogens is 1. The van der Waals surface area contributed by atoms with Crippen LogP contribution in [-0.4, -0.2) is 11.4 Å². The first-order valence-electron chi connectivity index (χ1n) is 8.03. The van der Waals surface area contributed by atoms with Crippen LogP contribution in [0.4, 0.5) is 4.39 Å². The van der Waals surface area contributed by atoms with Crippen molar-refractivity contribution in [1.82, 2.24) is 0 Å². The summed E-state index contributed by atoms with van der Waals surface area (Å²) in [5.41, 5.74) is 2.95. The van der Waals surface area contributed by atoms with Crippen molar-refractivity contribution in [3.63, 3.8) is 0 Å². The van der Waals surface area contributed by atoms with Crippen molar-refractivity contribution in [3.05, 3.63) is 72.6 Å². The summed E-state index contributed by atoms with van der Waals surface area (Å²) in [6.45, 7) is 6.00. The third-order valence-corrected chi connectivity index (χ3v) is 4.42. The normalized spacial score (nSPS) is 27.1. The Morgan fingerprint density at radius 2 is 2.00 bits per heavy atom. The van der Waals surface area contributed by atoms with E-state index in [1.54, 1.807) is 12.1 Å². The van der Waals surface area contributed by atoms with E-state index in [-0.39, 0.29) is 12.0 Å². The summed E-state index contributed by atoms with van der Waals surface area (Å²) in [4.78, 5) is 9.63. The molecular weight excluding hydrogens is 287 g/mol. The first kappa shape index (κ1) is 15.6. The van der Waals surface area contributed by atoms with Gasteiger partial charge in [-0.1, -0.05) is 36.9 Å². The fourth-order valence-electron chi connectivity index (χ4n) is 3.26. The number of hydrogen-bond acceptors (Lipinski definition) is 2. The quantitative estimate of drug-likeness (QED) is 0.697. The minimum Gasteiger partial charge on any atom is -0.258 e. The smallest absolute Gasteiger partial charge is 0.165 e. The minimum absolute atomic E-state index is 0.244. The van der Waals surface area contributed by atoms with Gasteiger partial charge >= 0.3 is 0 Å². The van der Waals surface area contributed by atoms with Crippen LogP contribution in [-0.2, 0) is 0 Å². The summed E-state index contributed by atoms with van der Waals surface area (Å²) in [7, 11) is 0. The Hall–Kier alpha value is -2.29. The third-order valence-electron chi connectivity index (χ3n) is 4.42.